The predicted octanol–water partition coefficient (Wildman–Crippen LogP) is 2.73. The zero-order valence-corrected chi connectivity index (χ0v) is 24.7. The van der Waals surface area contributed by atoms with Gasteiger partial charge in [-0.25, -0.2) is 0 Å². The first-order valence-electron chi connectivity index (χ1n) is 14.7. The van der Waals surface area contributed by atoms with Gasteiger partial charge in [-0.05, 0) is 58.3 Å². The van der Waals surface area contributed by atoms with E-state index in [1.165, 1.54) is 19.3 Å². The summed E-state index contributed by atoms with van der Waals surface area (Å²) >= 11 is 0. The van der Waals surface area contributed by atoms with Crippen molar-refractivity contribution in [2.24, 2.45) is 17.6 Å². The molecule has 1 aromatic rings. The molecule has 1 aromatic carbocycles. The lowest BCUT2D eigenvalue weighted by molar-refractivity contribution is -0.114. The summed E-state index contributed by atoms with van der Waals surface area (Å²) in [6.07, 6.45) is 6.19. The van der Waals surface area contributed by atoms with E-state index in [1.807, 2.05) is 0 Å². The minimum absolute atomic E-state index is 0.00354. The van der Waals surface area contributed by atoms with Crippen LogP contribution in [-0.2, 0) is 17.8 Å². The molecule has 11 nitrogen and oxygen atoms in total. The number of methoxy groups -OCH3 is 1. The summed E-state index contributed by atoms with van der Waals surface area (Å²) in [5.74, 6) is -4.27. The van der Waals surface area contributed by atoms with Crippen LogP contribution in [0.1, 0.15) is 66.9 Å². The number of Topliss-reactive ketones (excluding diaryl/α,β-unsaturated/α-hetero) is 1. The number of nitrogens with two attached hydrogens (primary N) is 1. The Morgan fingerprint density at radius 3 is 2.43 bits per heavy atom. The molecule has 228 valence electrons. The van der Waals surface area contributed by atoms with Crippen LogP contribution in [0.2, 0.25) is 0 Å². The fraction of sp³-hybridized carbons (Fsp3) is 0.581. The number of fused-ring (bicyclic) bond motifs is 3. The number of benzene rings is 1. The Hall–Kier alpha value is -3.41. The number of aliphatic hydroxyl groups excluding tert-OH is 2. The lowest BCUT2D eigenvalue weighted by atomic mass is 9.58. The van der Waals surface area contributed by atoms with Crippen LogP contribution in [0.25, 0.3) is 0 Å². The van der Waals surface area contributed by atoms with E-state index in [-0.39, 0.29) is 29.7 Å². The molecule has 11 heteroatoms. The van der Waals surface area contributed by atoms with Crippen LogP contribution in [0.4, 0.5) is 0 Å². The number of nitrogens with one attached hydrogen (secondary N) is 1. The number of aromatic hydroxyl groups is 1. The van der Waals surface area contributed by atoms with Crippen molar-refractivity contribution in [1.29, 1.82) is 5.41 Å². The smallest absolute Gasteiger partial charge is 0.254 e. The van der Waals surface area contributed by atoms with Gasteiger partial charge in [-0.1, -0.05) is 26.2 Å². The third-order valence-corrected chi connectivity index (χ3v) is 9.88. The van der Waals surface area contributed by atoms with Gasteiger partial charge in [0.05, 0.1) is 24.4 Å². The highest BCUT2D eigenvalue weighted by Crippen LogP contribution is 2.53. The summed E-state index contributed by atoms with van der Waals surface area (Å²) in [4.78, 5) is 30.2. The number of phenols is 1. The van der Waals surface area contributed by atoms with E-state index < -0.39 is 58.0 Å². The molecule has 4 aliphatic carbocycles. The first kappa shape index (κ1) is 30.1. The number of allylic oxidation sites excluding steroid dienone is 1. The number of carbonyl (C=O) groups is 2. The second kappa shape index (κ2) is 11.0. The maximum absolute atomic E-state index is 14.0. The van der Waals surface area contributed by atoms with Crippen molar-refractivity contribution in [2.45, 2.75) is 76.1 Å². The molecule has 5 rings (SSSR count). The Kier molecular flexibility index (Phi) is 7.88. The largest absolute Gasteiger partial charge is 0.510 e. The number of phenolic OH excluding ortho intramolecular Hbond substituents is 1. The van der Waals surface area contributed by atoms with E-state index in [0.717, 1.165) is 24.9 Å². The van der Waals surface area contributed by atoms with E-state index in [0.29, 0.717) is 23.9 Å². The predicted molar refractivity (Wildman–Crippen MR) is 156 cm³/mol. The Balaban J connectivity index is 1.61. The third kappa shape index (κ3) is 4.40. The number of rotatable bonds is 7. The van der Waals surface area contributed by atoms with Crippen molar-refractivity contribution in [1.82, 2.24) is 9.80 Å². The highest BCUT2D eigenvalue weighted by Gasteiger charge is 2.61. The number of hydrogen-bond donors (Lipinski definition) is 6. The second-order valence-electron chi connectivity index (χ2n) is 12.3. The van der Waals surface area contributed by atoms with E-state index in [1.54, 1.807) is 32.2 Å². The quantitative estimate of drug-likeness (QED) is 0.282. The molecular formula is C31H42N4O7. The van der Waals surface area contributed by atoms with E-state index in [9.17, 15) is 30.0 Å². The van der Waals surface area contributed by atoms with Crippen LogP contribution in [0.3, 0.4) is 0 Å². The molecule has 0 unspecified atom stereocenters. The van der Waals surface area contributed by atoms with Crippen LogP contribution in [-0.4, -0.2) is 93.1 Å². The molecule has 0 aromatic heterocycles. The number of primary amides is 1. The second-order valence-corrected chi connectivity index (χ2v) is 12.3. The zero-order chi connectivity index (χ0) is 30.7. The van der Waals surface area contributed by atoms with Gasteiger partial charge in [-0.15, -0.1) is 0 Å². The molecule has 0 aliphatic heterocycles. The molecule has 0 spiro atoms. The zero-order valence-electron chi connectivity index (χ0n) is 24.7. The Morgan fingerprint density at radius 1 is 1.19 bits per heavy atom. The van der Waals surface area contributed by atoms with Gasteiger partial charge in [0, 0.05) is 35.2 Å². The van der Waals surface area contributed by atoms with Crippen molar-refractivity contribution < 1.29 is 34.8 Å². The van der Waals surface area contributed by atoms with Gasteiger partial charge < -0.3 is 36.3 Å². The molecule has 4 atom stereocenters. The molecule has 0 saturated heterocycles. The summed E-state index contributed by atoms with van der Waals surface area (Å²) in [5.41, 5.74) is 2.89. The van der Waals surface area contributed by atoms with Crippen LogP contribution in [0, 0.1) is 17.2 Å². The number of carbonyl (C=O) groups excluding carboxylic acids is 2. The molecule has 7 N–H and O–H groups in total. The van der Waals surface area contributed by atoms with Gasteiger partial charge in [0.2, 0.25) is 0 Å². The monoisotopic (exact) mass is 582 g/mol. The van der Waals surface area contributed by atoms with Crippen molar-refractivity contribution in [3.8, 4) is 11.5 Å². The Bertz CT molecular complexity index is 1390. The van der Waals surface area contributed by atoms with Gasteiger partial charge in [-0.3, -0.25) is 19.4 Å². The molecule has 1 saturated carbocycles. The maximum atomic E-state index is 14.0. The molecule has 0 radical (unpaired) electrons. The highest BCUT2D eigenvalue weighted by atomic mass is 16.5. The van der Waals surface area contributed by atoms with Gasteiger partial charge in [0.15, 0.2) is 11.4 Å². The minimum Gasteiger partial charge on any atom is -0.510 e. The van der Waals surface area contributed by atoms with E-state index in [4.69, 9.17) is 15.9 Å². The third-order valence-electron chi connectivity index (χ3n) is 9.88. The molecule has 0 heterocycles. The van der Waals surface area contributed by atoms with Crippen molar-refractivity contribution in [3.63, 3.8) is 0 Å². The molecule has 1 fully saturated rings. The highest BCUT2D eigenvalue weighted by molar-refractivity contribution is 6.26. The Labute approximate surface area is 245 Å². The SMILES string of the molecule is CCN(Cc1cc(O)c2c(c1OC)C[C@H]1C[C@H]3[C@H](N(C)C)C(O)=C(C(N)=O)C(=N)[C@@]3(O)C(O)=C1C2=O)C1CCCCC1. The van der Waals surface area contributed by atoms with Gasteiger partial charge in [-0.2, -0.15) is 0 Å². The molecule has 1 amide bonds. The van der Waals surface area contributed by atoms with Crippen molar-refractivity contribution >= 4 is 17.4 Å². The summed E-state index contributed by atoms with van der Waals surface area (Å²) in [6, 6.07) is 1.03. The van der Waals surface area contributed by atoms with Gasteiger partial charge in [0.25, 0.3) is 5.91 Å². The minimum atomic E-state index is -2.44. The standard InChI is InChI=1S/C31H42N4O7/c1-5-35(17-9-7-6-8-10-17)14-16-13-20(36)22-18(27(16)42-4)11-15-12-19-24(34(2)3)26(38)23(30(33)40)28(32)31(19,41)29(39)21(15)25(22)37/h13,15,17,19,24,32,36,38-39,41H,5-12,14H2,1-4H3,(H2,33,40)/t15-,19-,24-,31+/m0/s1. The molecule has 42 heavy (non-hydrogen) atoms. The number of hydrogen-bond acceptors (Lipinski definition) is 10. The van der Waals surface area contributed by atoms with Crippen LogP contribution >= 0.6 is 0 Å². The first-order chi connectivity index (χ1) is 19.9. The molecule has 4 aliphatic rings. The van der Waals surface area contributed by atoms with Crippen LogP contribution in [0.5, 0.6) is 11.5 Å². The van der Waals surface area contributed by atoms with E-state index >= 15 is 0 Å². The summed E-state index contributed by atoms with van der Waals surface area (Å²) < 4.78 is 5.89. The lowest BCUT2D eigenvalue weighted by Crippen LogP contribution is -2.63. The number of aliphatic hydroxyl groups is 3. The molecule has 0 bridgehead atoms. The Morgan fingerprint density at radius 2 is 1.86 bits per heavy atom. The number of amides is 1. The van der Waals surface area contributed by atoms with Gasteiger partial charge >= 0.3 is 0 Å². The number of ether oxygens (including phenoxy) is 1. The van der Waals surface area contributed by atoms with Crippen LogP contribution in [0.15, 0.2) is 28.7 Å². The molecular weight excluding hydrogens is 540 g/mol. The summed E-state index contributed by atoms with van der Waals surface area (Å²) in [7, 11) is 4.83. The van der Waals surface area contributed by atoms with Gasteiger partial charge in [0.1, 0.15) is 28.6 Å². The summed E-state index contributed by atoms with van der Waals surface area (Å²) in [5, 5.41) is 54.3. The average molecular weight is 583 g/mol. The number of likely N-dealkylation sites (N-methyl/N-ethyl adjacent to an activating group) is 1. The van der Waals surface area contributed by atoms with E-state index in [2.05, 4.69) is 11.8 Å². The van der Waals surface area contributed by atoms with Crippen molar-refractivity contribution in [2.75, 3.05) is 27.7 Å². The topological polar surface area (TPSA) is 181 Å². The number of ketones is 1. The first-order valence-corrected chi connectivity index (χ1v) is 14.7. The number of nitrogens with zero attached hydrogens (tertiary/aromatic N) is 2. The lowest BCUT2D eigenvalue weighted by Gasteiger charge is -2.51. The fourth-order valence-corrected chi connectivity index (χ4v) is 7.95. The maximum Gasteiger partial charge on any atom is 0.254 e. The summed E-state index contributed by atoms with van der Waals surface area (Å²) in [6.45, 7) is 3.49. The fourth-order valence-electron chi connectivity index (χ4n) is 7.95. The average Bonchev–Trinajstić information content (AvgIpc) is 2.93. The normalized spacial score (nSPS) is 28.2. The van der Waals surface area contributed by atoms with Crippen LogP contribution < -0.4 is 10.5 Å². The van der Waals surface area contributed by atoms with Crippen molar-refractivity contribution in [3.05, 3.63) is 45.4 Å².